The minimum absolute atomic E-state index is 0.0488. The Labute approximate surface area is 125 Å². The van der Waals surface area contributed by atoms with Gasteiger partial charge in [-0.05, 0) is 48.1 Å². The number of benzene rings is 2. The van der Waals surface area contributed by atoms with Gasteiger partial charge in [0.15, 0.2) is 0 Å². The van der Waals surface area contributed by atoms with Crippen LogP contribution in [-0.2, 0) is 11.2 Å². The van der Waals surface area contributed by atoms with Crippen molar-refractivity contribution in [1.29, 1.82) is 0 Å². The van der Waals surface area contributed by atoms with Crippen LogP contribution in [0, 0.1) is 13.8 Å². The molecule has 0 bridgehead atoms. The number of hydrogen-bond acceptors (Lipinski definition) is 2. The van der Waals surface area contributed by atoms with Gasteiger partial charge in [0.1, 0.15) is 0 Å². The molecule has 0 aliphatic heterocycles. The van der Waals surface area contributed by atoms with Gasteiger partial charge in [-0.25, -0.2) is 0 Å². The van der Waals surface area contributed by atoms with Crippen molar-refractivity contribution in [3.05, 3.63) is 70.3 Å². The summed E-state index contributed by atoms with van der Waals surface area (Å²) in [6.07, 6.45) is 0.791. The van der Waals surface area contributed by atoms with Gasteiger partial charge in [-0.15, -0.1) is 0 Å². The van der Waals surface area contributed by atoms with Gasteiger partial charge in [0, 0.05) is 6.04 Å². The van der Waals surface area contributed by atoms with Crippen LogP contribution in [0.5, 0.6) is 0 Å². The Hall–Kier alpha value is -2.13. The molecule has 0 unspecified atom stereocenters. The van der Waals surface area contributed by atoms with Crippen molar-refractivity contribution in [2.75, 3.05) is 0 Å². The van der Waals surface area contributed by atoms with Gasteiger partial charge in [0.25, 0.3) is 0 Å². The van der Waals surface area contributed by atoms with E-state index in [2.05, 4.69) is 38.1 Å². The van der Waals surface area contributed by atoms with E-state index in [1.807, 2.05) is 18.2 Å². The molecule has 0 aromatic heterocycles. The largest absolute Gasteiger partial charge is 0.481 e. The molecule has 2 aromatic carbocycles. The quantitative estimate of drug-likeness (QED) is 0.884. The van der Waals surface area contributed by atoms with Crippen LogP contribution in [0.3, 0.4) is 0 Å². The van der Waals surface area contributed by atoms with E-state index in [4.69, 9.17) is 10.8 Å². The summed E-state index contributed by atoms with van der Waals surface area (Å²) in [6.45, 7) is 4.23. The zero-order valence-corrected chi connectivity index (χ0v) is 12.5. The van der Waals surface area contributed by atoms with Crippen LogP contribution >= 0.6 is 0 Å². The van der Waals surface area contributed by atoms with Crippen LogP contribution in [-0.4, -0.2) is 11.1 Å². The zero-order valence-electron chi connectivity index (χ0n) is 12.5. The molecule has 21 heavy (non-hydrogen) atoms. The Morgan fingerprint density at radius 3 is 2.38 bits per heavy atom. The van der Waals surface area contributed by atoms with Crippen molar-refractivity contribution >= 4 is 5.97 Å². The second-order valence-corrected chi connectivity index (χ2v) is 5.50. The summed E-state index contributed by atoms with van der Waals surface area (Å²) in [5, 5.41) is 8.84. The van der Waals surface area contributed by atoms with E-state index < -0.39 is 12.0 Å². The Kier molecular flexibility index (Phi) is 4.76. The Bertz CT molecular complexity index is 629. The third kappa shape index (κ3) is 3.92. The highest BCUT2D eigenvalue weighted by molar-refractivity contribution is 5.67. The lowest BCUT2D eigenvalue weighted by Gasteiger charge is -2.13. The first-order valence-corrected chi connectivity index (χ1v) is 7.08. The van der Waals surface area contributed by atoms with E-state index in [-0.39, 0.29) is 6.42 Å². The van der Waals surface area contributed by atoms with Crippen molar-refractivity contribution in [2.45, 2.75) is 32.7 Å². The summed E-state index contributed by atoms with van der Waals surface area (Å²) in [7, 11) is 0. The van der Waals surface area contributed by atoms with Crippen LogP contribution in [0.2, 0.25) is 0 Å². The van der Waals surface area contributed by atoms with Gasteiger partial charge < -0.3 is 10.8 Å². The summed E-state index contributed by atoms with van der Waals surface area (Å²) in [4.78, 5) is 10.8. The molecule has 2 aromatic rings. The standard InChI is InChI=1S/C18H21NO2/c1-12-5-3-6-13(2)16(12)10-14-7-4-8-15(9-14)17(19)11-18(20)21/h3-9,17H,10-11,19H2,1-2H3,(H,20,21)/t17-/m0/s1. The SMILES string of the molecule is Cc1cccc(C)c1Cc1cccc([C@@H](N)CC(=O)O)c1. The van der Waals surface area contributed by atoms with Gasteiger partial charge in [-0.3, -0.25) is 4.79 Å². The lowest BCUT2D eigenvalue weighted by molar-refractivity contribution is -0.137. The smallest absolute Gasteiger partial charge is 0.305 e. The molecule has 0 spiro atoms. The third-order valence-corrected chi connectivity index (χ3v) is 3.80. The molecule has 0 amide bonds. The van der Waals surface area contributed by atoms with E-state index in [1.165, 1.54) is 16.7 Å². The normalized spacial score (nSPS) is 12.1. The van der Waals surface area contributed by atoms with Crippen LogP contribution in [0.25, 0.3) is 0 Å². The summed E-state index contributed by atoms with van der Waals surface area (Å²) >= 11 is 0. The monoisotopic (exact) mass is 283 g/mol. The maximum atomic E-state index is 10.8. The number of hydrogen-bond donors (Lipinski definition) is 2. The van der Waals surface area contributed by atoms with Crippen LogP contribution in [0.4, 0.5) is 0 Å². The first kappa shape index (κ1) is 15.3. The van der Waals surface area contributed by atoms with E-state index in [0.29, 0.717) is 0 Å². The lowest BCUT2D eigenvalue weighted by Crippen LogP contribution is -2.15. The highest BCUT2D eigenvalue weighted by Gasteiger charge is 2.11. The number of nitrogens with two attached hydrogens (primary N) is 1. The van der Waals surface area contributed by atoms with Crippen molar-refractivity contribution in [3.63, 3.8) is 0 Å². The molecule has 0 aliphatic carbocycles. The topological polar surface area (TPSA) is 63.3 Å². The Morgan fingerprint density at radius 2 is 1.76 bits per heavy atom. The maximum Gasteiger partial charge on any atom is 0.305 e. The Balaban J connectivity index is 2.24. The van der Waals surface area contributed by atoms with Gasteiger partial charge >= 0.3 is 5.97 Å². The molecule has 0 fully saturated rings. The fraction of sp³-hybridized carbons (Fsp3) is 0.278. The first-order valence-electron chi connectivity index (χ1n) is 7.08. The molecule has 3 N–H and O–H groups in total. The van der Waals surface area contributed by atoms with Gasteiger partial charge in [-0.1, -0.05) is 42.5 Å². The second-order valence-electron chi connectivity index (χ2n) is 5.50. The Morgan fingerprint density at radius 1 is 1.14 bits per heavy atom. The minimum atomic E-state index is -0.873. The molecular weight excluding hydrogens is 262 g/mol. The number of aryl methyl sites for hydroxylation is 2. The molecule has 0 heterocycles. The molecule has 3 heteroatoms. The van der Waals surface area contributed by atoms with Crippen molar-refractivity contribution in [2.24, 2.45) is 5.73 Å². The third-order valence-electron chi connectivity index (χ3n) is 3.80. The average molecular weight is 283 g/mol. The number of carbonyl (C=O) groups is 1. The van der Waals surface area contributed by atoms with Crippen molar-refractivity contribution < 1.29 is 9.90 Å². The lowest BCUT2D eigenvalue weighted by atomic mass is 9.94. The number of rotatable bonds is 5. The van der Waals surface area contributed by atoms with Crippen LogP contribution in [0.15, 0.2) is 42.5 Å². The predicted molar refractivity (Wildman–Crippen MR) is 84.3 cm³/mol. The summed E-state index contributed by atoms with van der Waals surface area (Å²) in [5.41, 5.74) is 11.8. The molecule has 1 atom stereocenters. The number of carboxylic acid groups (broad SMARTS) is 1. The fourth-order valence-electron chi connectivity index (χ4n) is 2.57. The van der Waals surface area contributed by atoms with Gasteiger partial charge in [-0.2, -0.15) is 0 Å². The molecule has 2 rings (SSSR count). The number of aliphatic carboxylic acids is 1. The minimum Gasteiger partial charge on any atom is -0.481 e. The maximum absolute atomic E-state index is 10.8. The average Bonchev–Trinajstić information content (AvgIpc) is 2.43. The molecule has 3 nitrogen and oxygen atoms in total. The first-order chi connectivity index (χ1) is 9.97. The van der Waals surface area contributed by atoms with Crippen molar-refractivity contribution in [1.82, 2.24) is 0 Å². The second kappa shape index (κ2) is 6.55. The predicted octanol–water partition coefficient (Wildman–Crippen LogP) is 3.37. The van der Waals surface area contributed by atoms with E-state index >= 15 is 0 Å². The zero-order chi connectivity index (χ0) is 15.4. The molecular formula is C18H21NO2. The van der Waals surface area contributed by atoms with Gasteiger partial charge in [0.05, 0.1) is 6.42 Å². The van der Waals surface area contributed by atoms with E-state index in [0.717, 1.165) is 17.5 Å². The summed E-state index contributed by atoms with van der Waals surface area (Å²) in [6, 6.07) is 13.7. The molecule has 0 aliphatic rings. The summed E-state index contributed by atoms with van der Waals surface area (Å²) < 4.78 is 0. The van der Waals surface area contributed by atoms with Crippen LogP contribution < -0.4 is 5.73 Å². The van der Waals surface area contributed by atoms with E-state index in [9.17, 15) is 4.79 Å². The molecule has 110 valence electrons. The van der Waals surface area contributed by atoms with Gasteiger partial charge in [0.2, 0.25) is 0 Å². The van der Waals surface area contributed by atoms with Crippen LogP contribution in [0.1, 0.15) is 40.3 Å². The van der Waals surface area contributed by atoms with Crippen molar-refractivity contribution in [3.8, 4) is 0 Å². The molecule has 0 saturated heterocycles. The summed E-state index contributed by atoms with van der Waals surface area (Å²) in [5.74, 6) is -0.873. The van der Waals surface area contributed by atoms with E-state index in [1.54, 1.807) is 0 Å². The highest BCUT2D eigenvalue weighted by Crippen LogP contribution is 2.21. The molecule has 0 radical (unpaired) electrons. The number of carboxylic acids is 1. The molecule has 0 saturated carbocycles. The highest BCUT2D eigenvalue weighted by atomic mass is 16.4. The fourth-order valence-corrected chi connectivity index (χ4v) is 2.57.